The van der Waals surface area contributed by atoms with E-state index in [0.29, 0.717) is 12.6 Å². The number of ether oxygens (including phenoxy) is 2. The molecule has 0 aromatic heterocycles. The second-order valence-corrected chi connectivity index (χ2v) is 9.42. The predicted octanol–water partition coefficient (Wildman–Crippen LogP) is 3.13. The van der Waals surface area contributed by atoms with E-state index in [1.165, 1.54) is 0 Å². The third-order valence-electron chi connectivity index (χ3n) is 5.75. The van der Waals surface area contributed by atoms with E-state index in [1.54, 1.807) is 7.11 Å². The number of alkyl carbamates (subject to hydrolysis) is 1. The fourth-order valence-electron chi connectivity index (χ4n) is 3.69. The Morgan fingerprint density at radius 3 is 2.29 bits per heavy atom. The van der Waals surface area contributed by atoms with Crippen molar-refractivity contribution in [3.63, 3.8) is 0 Å². The van der Waals surface area contributed by atoms with Crippen LogP contribution in [0.15, 0.2) is 4.99 Å². The quantitative estimate of drug-likeness (QED) is 0.259. The maximum atomic E-state index is 12.4. The van der Waals surface area contributed by atoms with E-state index in [2.05, 4.69) is 41.6 Å². The van der Waals surface area contributed by atoms with Crippen molar-refractivity contribution < 1.29 is 14.3 Å². The van der Waals surface area contributed by atoms with Crippen LogP contribution >= 0.6 is 0 Å². The van der Waals surface area contributed by atoms with Gasteiger partial charge in [-0.25, -0.2) is 4.79 Å². The number of guanidine groups is 1. The van der Waals surface area contributed by atoms with E-state index < -0.39 is 11.1 Å². The highest BCUT2D eigenvalue weighted by Crippen LogP contribution is 2.18. The summed E-state index contributed by atoms with van der Waals surface area (Å²) in [6.07, 6.45) is 4.46. The maximum absolute atomic E-state index is 12.4. The van der Waals surface area contributed by atoms with Gasteiger partial charge in [0.15, 0.2) is 5.96 Å². The third-order valence-corrected chi connectivity index (χ3v) is 5.75. The summed E-state index contributed by atoms with van der Waals surface area (Å²) in [5.74, 6) is 0.817. The van der Waals surface area contributed by atoms with Crippen LogP contribution in [0.2, 0.25) is 0 Å². The lowest BCUT2D eigenvalue weighted by Crippen LogP contribution is -2.53. The number of nitrogens with zero attached hydrogens (tertiary/aromatic N) is 2. The molecule has 0 aromatic rings. The largest absolute Gasteiger partial charge is 0.444 e. The molecule has 8 nitrogen and oxygen atoms in total. The summed E-state index contributed by atoms with van der Waals surface area (Å²) in [6.45, 7) is 17.3. The molecule has 1 rings (SSSR count). The van der Waals surface area contributed by atoms with Crippen molar-refractivity contribution in [1.29, 1.82) is 0 Å². The minimum atomic E-state index is -0.518. The van der Waals surface area contributed by atoms with Gasteiger partial charge in [-0.2, -0.15) is 0 Å². The first-order chi connectivity index (χ1) is 14.7. The lowest BCUT2D eigenvalue weighted by Gasteiger charge is -2.34. The first-order valence-electron chi connectivity index (χ1n) is 11.9. The molecule has 1 aliphatic rings. The number of rotatable bonds is 11. The fourth-order valence-corrected chi connectivity index (χ4v) is 3.69. The van der Waals surface area contributed by atoms with Crippen LogP contribution in [0, 0.1) is 0 Å². The second-order valence-electron chi connectivity index (χ2n) is 9.42. The fraction of sp³-hybridized carbons (Fsp3) is 0.913. The molecule has 3 N–H and O–H groups in total. The zero-order chi connectivity index (χ0) is 23.3. The standard InChI is InChI=1S/C23H47N5O3/c1-8-23(9-2,27-21(29)31-22(4,5)6)18-25-20(24-10-3)26-19-12-15-28(16-13-19)14-11-17-30-7/h19H,8-18H2,1-7H3,(H,27,29)(H2,24,25,26). The van der Waals surface area contributed by atoms with E-state index in [1.807, 2.05) is 20.8 Å². The van der Waals surface area contributed by atoms with Gasteiger partial charge >= 0.3 is 6.09 Å². The molecular formula is C23H47N5O3. The van der Waals surface area contributed by atoms with Crippen molar-refractivity contribution in [2.24, 2.45) is 4.99 Å². The lowest BCUT2D eigenvalue weighted by molar-refractivity contribution is 0.0451. The molecule has 0 bridgehead atoms. The Bertz CT molecular complexity index is 536. The van der Waals surface area contributed by atoms with Gasteiger partial charge in [0.25, 0.3) is 0 Å². The molecule has 8 heteroatoms. The normalized spacial score (nSPS) is 16.8. The number of carbonyl (C=O) groups excluding carboxylic acids is 1. The molecule has 0 unspecified atom stereocenters. The molecule has 1 aliphatic heterocycles. The van der Waals surface area contributed by atoms with Gasteiger partial charge < -0.3 is 30.3 Å². The summed E-state index contributed by atoms with van der Waals surface area (Å²) in [7, 11) is 1.76. The summed E-state index contributed by atoms with van der Waals surface area (Å²) in [5.41, 5.74) is -0.940. The molecule has 1 amide bonds. The van der Waals surface area contributed by atoms with Crippen molar-refractivity contribution in [2.75, 3.05) is 46.4 Å². The van der Waals surface area contributed by atoms with E-state index in [-0.39, 0.29) is 6.09 Å². The predicted molar refractivity (Wildman–Crippen MR) is 128 cm³/mol. The van der Waals surface area contributed by atoms with Crippen LogP contribution in [0.3, 0.4) is 0 Å². The Balaban J connectivity index is 2.67. The molecule has 182 valence electrons. The summed E-state index contributed by atoms with van der Waals surface area (Å²) in [5, 5.41) is 10.0. The highest BCUT2D eigenvalue weighted by Gasteiger charge is 2.30. The molecule has 0 aliphatic carbocycles. The van der Waals surface area contributed by atoms with Gasteiger partial charge in [-0.15, -0.1) is 0 Å². The Morgan fingerprint density at radius 2 is 1.77 bits per heavy atom. The average Bonchev–Trinajstić information content (AvgIpc) is 2.71. The molecule has 1 heterocycles. The molecule has 0 saturated carbocycles. The number of hydrogen-bond donors (Lipinski definition) is 3. The first kappa shape index (κ1) is 27.5. The Kier molecular flexibility index (Phi) is 12.2. The van der Waals surface area contributed by atoms with Crippen LogP contribution < -0.4 is 16.0 Å². The SMILES string of the molecule is CCNC(=NCC(CC)(CC)NC(=O)OC(C)(C)C)NC1CCN(CCCOC)CC1. The van der Waals surface area contributed by atoms with Gasteiger partial charge in [-0.3, -0.25) is 4.99 Å². The van der Waals surface area contributed by atoms with E-state index in [0.717, 1.165) is 70.8 Å². The van der Waals surface area contributed by atoms with E-state index in [9.17, 15) is 4.79 Å². The van der Waals surface area contributed by atoms with Gasteiger partial charge in [0, 0.05) is 45.9 Å². The van der Waals surface area contributed by atoms with Crippen molar-refractivity contribution in [3.8, 4) is 0 Å². The number of aliphatic imine (C=N–C) groups is 1. The number of methoxy groups -OCH3 is 1. The highest BCUT2D eigenvalue weighted by molar-refractivity contribution is 5.80. The molecule has 1 fully saturated rings. The third kappa shape index (κ3) is 11.1. The van der Waals surface area contributed by atoms with Crippen LogP contribution in [0.1, 0.15) is 73.6 Å². The number of piperidine rings is 1. The van der Waals surface area contributed by atoms with Gasteiger partial charge in [-0.1, -0.05) is 13.8 Å². The minimum absolute atomic E-state index is 0.384. The van der Waals surface area contributed by atoms with Gasteiger partial charge in [-0.05, 0) is 59.8 Å². The zero-order valence-corrected chi connectivity index (χ0v) is 21.0. The minimum Gasteiger partial charge on any atom is -0.444 e. The summed E-state index contributed by atoms with van der Waals surface area (Å²) in [6, 6.07) is 0.410. The van der Waals surface area contributed by atoms with Gasteiger partial charge in [0.2, 0.25) is 0 Å². The Morgan fingerprint density at radius 1 is 1.13 bits per heavy atom. The lowest BCUT2D eigenvalue weighted by atomic mass is 9.93. The zero-order valence-electron chi connectivity index (χ0n) is 21.0. The number of likely N-dealkylation sites (tertiary alicyclic amines) is 1. The molecule has 1 saturated heterocycles. The Hall–Kier alpha value is -1.54. The average molecular weight is 442 g/mol. The number of amides is 1. The number of carbonyl (C=O) groups is 1. The van der Waals surface area contributed by atoms with Crippen molar-refractivity contribution in [3.05, 3.63) is 0 Å². The second kappa shape index (κ2) is 13.8. The molecule has 0 spiro atoms. The Labute approximate surface area is 189 Å². The van der Waals surface area contributed by atoms with Gasteiger partial charge in [0.1, 0.15) is 5.60 Å². The smallest absolute Gasteiger partial charge is 0.408 e. The summed E-state index contributed by atoms with van der Waals surface area (Å²) >= 11 is 0. The monoisotopic (exact) mass is 441 g/mol. The molecule has 0 atom stereocenters. The number of hydrogen-bond acceptors (Lipinski definition) is 5. The van der Waals surface area contributed by atoms with Crippen molar-refractivity contribution in [1.82, 2.24) is 20.9 Å². The molecule has 0 aromatic carbocycles. The molecule has 0 radical (unpaired) electrons. The molecular weight excluding hydrogens is 394 g/mol. The van der Waals surface area contributed by atoms with Crippen LogP contribution in [-0.2, 0) is 9.47 Å². The number of nitrogens with one attached hydrogen (secondary N) is 3. The van der Waals surface area contributed by atoms with Crippen molar-refractivity contribution in [2.45, 2.75) is 90.8 Å². The topological polar surface area (TPSA) is 87.2 Å². The highest BCUT2D eigenvalue weighted by atomic mass is 16.6. The summed E-state index contributed by atoms with van der Waals surface area (Å²) < 4.78 is 10.6. The van der Waals surface area contributed by atoms with Crippen molar-refractivity contribution >= 4 is 12.1 Å². The van der Waals surface area contributed by atoms with E-state index in [4.69, 9.17) is 14.5 Å². The first-order valence-corrected chi connectivity index (χ1v) is 11.9. The molecule has 31 heavy (non-hydrogen) atoms. The maximum Gasteiger partial charge on any atom is 0.408 e. The van der Waals surface area contributed by atoms with Crippen LogP contribution in [-0.4, -0.2) is 80.6 Å². The van der Waals surface area contributed by atoms with Crippen LogP contribution in [0.5, 0.6) is 0 Å². The van der Waals surface area contributed by atoms with Crippen LogP contribution in [0.4, 0.5) is 4.79 Å². The van der Waals surface area contributed by atoms with Gasteiger partial charge in [0.05, 0.1) is 12.1 Å². The van der Waals surface area contributed by atoms with E-state index >= 15 is 0 Å². The summed E-state index contributed by atoms with van der Waals surface area (Å²) in [4.78, 5) is 19.7. The van der Waals surface area contributed by atoms with Crippen LogP contribution in [0.25, 0.3) is 0 Å².